The van der Waals surface area contributed by atoms with Crippen molar-refractivity contribution in [3.05, 3.63) is 17.5 Å². The van der Waals surface area contributed by atoms with E-state index in [0.29, 0.717) is 12.0 Å². The summed E-state index contributed by atoms with van der Waals surface area (Å²) >= 11 is 0. The van der Waals surface area contributed by atoms with E-state index in [4.69, 9.17) is 5.73 Å². The van der Waals surface area contributed by atoms with E-state index in [9.17, 15) is 0 Å². The smallest absolute Gasteiger partial charge is 0.0642 e. The predicted octanol–water partition coefficient (Wildman–Crippen LogP) is 1.85. The Balaban J connectivity index is 2.26. The minimum atomic E-state index is 0.236. The molecule has 1 aliphatic rings. The van der Waals surface area contributed by atoms with Crippen LogP contribution in [-0.4, -0.2) is 33.8 Å². The van der Waals surface area contributed by atoms with Crippen LogP contribution in [0.25, 0.3) is 0 Å². The summed E-state index contributed by atoms with van der Waals surface area (Å²) in [5, 5.41) is 4.47. The molecule has 2 unspecified atom stereocenters. The molecule has 0 aliphatic carbocycles. The molecule has 2 N–H and O–H groups in total. The van der Waals surface area contributed by atoms with Gasteiger partial charge in [0.25, 0.3) is 0 Å². The van der Waals surface area contributed by atoms with Crippen LogP contribution in [-0.2, 0) is 7.05 Å². The number of hydrogen-bond donors (Lipinski definition) is 1. The Morgan fingerprint density at radius 2 is 2.22 bits per heavy atom. The van der Waals surface area contributed by atoms with Gasteiger partial charge in [-0.15, -0.1) is 0 Å². The van der Waals surface area contributed by atoms with Crippen molar-refractivity contribution in [3.63, 3.8) is 0 Å². The second-order valence-corrected chi connectivity index (χ2v) is 5.98. The van der Waals surface area contributed by atoms with E-state index in [1.165, 1.54) is 12.0 Å². The third-order valence-electron chi connectivity index (χ3n) is 3.75. The monoisotopic (exact) mass is 250 g/mol. The molecule has 1 aromatic rings. The number of piperidine rings is 1. The summed E-state index contributed by atoms with van der Waals surface area (Å²) in [7, 11) is 1.98. The van der Waals surface area contributed by atoms with E-state index in [1.54, 1.807) is 0 Å². The molecule has 0 saturated carbocycles. The minimum Gasteiger partial charge on any atom is -0.326 e. The fourth-order valence-corrected chi connectivity index (χ4v) is 3.11. The van der Waals surface area contributed by atoms with Crippen LogP contribution in [0.5, 0.6) is 0 Å². The van der Waals surface area contributed by atoms with Gasteiger partial charge in [0.15, 0.2) is 0 Å². The molecule has 0 amide bonds. The first kappa shape index (κ1) is 13.6. The maximum absolute atomic E-state index is 6.38. The molecule has 2 rings (SSSR count). The van der Waals surface area contributed by atoms with Crippen molar-refractivity contribution in [2.24, 2.45) is 18.7 Å². The lowest BCUT2D eigenvalue weighted by molar-refractivity contribution is 0.113. The molecule has 0 bridgehead atoms. The van der Waals surface area contributed by atoms with Gasteiger partial charge in [-0.3, -0.25) is 9.58 Å². The third kappa shape index (κ3) is 2.75. The lowest BCUT2D eigenvalue weighted by atomic mass is 9.90. The minimum absolute atomic E-state index is 0.236. The molecule has 1 saturated heterocycles. The summed E-state index contributed by atoms with van der Waals surface area (Å²) in [5.74, 6) is 0.676. The van der Waals surface area contributed by atoms with E-state index in [2.05, 4.69) is 37.0 Å². The first-order chi connectivity index (χ1) is 8.49. The van der Waals surface area contributed by atoms with Crippen LogP contribution in [0.3, 0.4) is 0 Å². The zero-order valence-corrected chi connectivity index (χ0v) is 12.1. The highest BCUT2D eigenvalue weighted by Gasteiger charge is 2.32. The number of aryl methyl sites for hydroxylation is 2. The van der Waals surface area contributed by atoms with Gasteiger partial charge in [0.2, 0.25) is 0 Å². The highest BCUT2D eigenvalue weighted by molar-refractivity contribution is 5.22. The lowest BCUT2D eigenvalue weighted by Crippen LogP contribution is -2.47. The second kappa shape index (κ2) is 5.41. The van der Waals surface area contributed by atoms with E-state index < -0.39 is 0 Å². The Morgan fingerprint density at radius 1 is 1.50 bits per heavy atom. The second-order valence-electron chi connectivity index (χ2n) is 5.98. The Labute approximate surface area is 110 Å². The van der Waals surface area contributed by atoms with Gasteiger partial charge in [0.1, 0.15) is 0 Å². The molecular weight excluding hydrogens is 224 g/mol. The highest BCUT2D eigenvalue weighted by atomic mass is 15.3. The number of nitrogens with two attached hydrogens (primary N) is 1. The number of hydrogen-bond acceptors (Lipinski definition) is 3. The van der Waals surface area contributed by atoms with Gasteiger partial charge >= 0.3 is 0 Å². The van der Waals surface area contributed by atoms with Crippen molar-refractivity contribution in [1.29, 1.82) is 0 Å². The summed E-state index contributed by atoms with van der Waals surface area (Å²) in [4.78, 5) is 2.54. The summed E-state index contributed by atoms with van der Waals surface area (Å²) in [6.07, 6.45) is 4.47. The molecule has 0 aromatic carbocycles. The van der Waals surface area contributed by atoms with Crippen molar-refractivity contribution in [2.75, 3.05) is 13.1 Å². The Hall–Kier alpha value is -0.870. The fraction of sp³-hybridized carbons (Fsp3) is 0.786. The maximum atomic E-state index is 6.38. The quantitative estimate of drug-likeness (QED) is 0.890. The van der Waals surface area contributed by atoms with Crippen LogP contribution in [0, 0.1) is 12.8 Å². The fourth-order valence-electron chi connectivity index (χ4n) is 3.11. The summed E-state index contributed by atoms with van der Waals surface area (Å²) in [5.41, 5.74) is 8.81. The number of rotatable bonds is 3. The Bertz CT molecular complexity index is 396. The van der Waals surface area contributed by atoms with Crippen molar-refractivity contribution >= 4 is 0 Å². The molecule has 0 spiro atoms. The zero-order chi connectivity index (χ0) is 13.3. The van der Waals surface area contributed by atoms with Crippen LogP contribution in [0.4, 0.5) is 0 Å². The van der Waals surface area contributed by atoms with Gasteiger partial charge in [-0.1, -0.05) is 13.8 Å². The molecule has 1 fully saturated rings. The first-order valence-electron chi connectivity index (χ1n) is 6.98. The first-order valence-corrected chi connectivity index (χ1v) is 6.98. The van der Waals surface area contributed by atoms with E-state index >= 15 is 0 Å². The van der Waals surface area contributed by atoms with Crippen LogP contribution in [0.15, 0.2) is 6.20 Å². The molecule has 1 aliphatic heterocycles. The average molecular weight is 250 g/mol. The normalized spacial score (nSPS) is 25.9. The summed E-state index contributed by atoms with van der Waals surface area (Å²) in [6, 6.07) is 0.579. The molecular formula is C14H26N4. The third-order valence-corrected chi connectivity index (χ3v) is 3.75. The largest absolute Gasteiger partial charge is 0.326 e. The summed E-state index contributed by atoms with van der Waals surface area (Å²) < 4.78 is 1.90. The molecule has 102 valence electrons. The molecule has 18 heavy (non-hydrogen) atoms. The van der Waals surface area contributed by atoms with Gasteiger partial charge in [0, 0.05) is 31.4 Å². The van der Waals surface area contributed by atoms with Gasteiger partial charge in [-0.05, 0) is 32.2 Å². The Kier molecular flexibility index (Phi) is 4.07. The van der Waals surface area contributed by atoms with Crippen LogP contribution >= 0.6 is 0 Å². The van der Waals surface area contributed by atoms with Crippen LogP contribution < -0.4 is 5.73 Å². The topological polar surface area (TPSA) is 47.1 Å². The van der Waals surface area contributed by atoms with Crippen molar-refractivity contribution < 1.29 is 0 Å². The van der Waals surface area contributed by atoms with E-state index in [1.807, 2.05) is 11.7 Å². The van der Waals surface area contributed by atoms with Gasteiger partial charge in [0.05, 0.1) is 11.7 Å². The SMILES string of the molecule is Cc1nn(C)cc1C1C(N)CCCN1CC(C)C. The van der Waals surface area contributed by atoms with E-state index in [0.717, 1.165) is 25.2 Å². The highest BCUT2D eigenvalue weighted by Crippen LogP contribution is 2.32. The standard InChI is InChI=1S/C14H26N4/c1-10(2)8-18-7-5-6-13(15)14(18)12-9-17(4)16-11(12)3/h9-10,13-14H,5-8,15H2,1-4H3. The predicted molar refractivity (Wildman–Crippen MR) is 74.3 cm³/mol. The van der Waals surface area contributed by atoms with E-state index in [-0.39, 0.29) is 6.04 Å². The Morgan fingerprint density at radius 3 is 2.78 bits per heavy atom. The molecule has 4 nitrogen and oxygen atoms in total. The molecule has 2 atom stereocenters. The molecule has 4 heteroatoms. The zero-order valence-electron chi connectivity index (χ0n) is 12.1. The van der Waals surface area contributed by atoms with Crippen LogP contribution in [0.2, 0.25) is 0 Å². The van der Waals surface area contributed by atoms with Gasteiger partial charge in [-0.25, -0.2) is 0 Å². The van der Waals surface area contributed by atoms with Gasteiger partial charge < -0.3 is 5.73 Å². The number of nitrogens with zero attached hydrogens (tertiary/aromatic N) is 3. The van der Waals surface area contributed by atoms with Gasteiger partial charge in [-0.2, -0.15) is 5.10 Å². The maximum Gasteiger partial charge on any atom is 0.0642 e. The number of aromatic nitrogens is 2. The van der Waals surface area contributed by atoms with Crippen LogP contribution in [0.1, 0.15) is 44.0 Å². The number of likely N-dealkylation sites (tertiary alicyclic amines) is 1. The molecule has 2 heterocycles. The van der Waals surface area contributed by atoms with Crippen molar-refractivity contribution in [3.8, 4) is 0 Å². The van der Waals surface area contributed by atoms with Crippen molar-refractivity contribution in [1.82, 2.24) is 14.7 Å². The van der Waals surface area contributed by atoms with Crippen molar-refractivity contribution in [2.45, 2.75) is 45.7 Å². The average Bonchev–Trinajstić information content (AvgIpc) is 2.57. The molecule has 1 aromatic heterocycles. The lowest BCUT2D eigenvalue weighted by Gasteiger charge is -2.40. The molecule has 0 radical (unpaired) electrons. The summed E-state index contributed by atoms with van der Waals surface area (Å²) in [6.45, 7) is 8.91.